The van der Waals surface area contributed by atoms with Crippen molar-refractivity contribution in [1.82, 2.24) is 5.32 Å². The maximum atomic E-state index is 12.0. The third-order valence-electron chi connectivity index (χ3n) is 5.39. The molecule has 0 saturated heterocycles. The number of amides is 1. The molecule has 6 nitrogen and oxygen atoms in total. The third-order valence-corrected chi connectivity index (χ3v) is 5.39. The highest BCUT2D eigenvalue weighted by Crippen LogP contribution is 2.15. The molecule has 0 aromatic rings. The van der Waals surface area contributed by atoms with Crippen LogP contribution < -0.4 is 5.32 Å². The van der Waals surface area contributed by atoms with E-state index in [4.69, 9.17) is 0 Å². The van der Waals surface area contributed by atoms with Gasteiger partial charge in [-0.05, 0) is 27.2 Å². The zero-order valence-corrected chi connectivity index (χ0v) is 21.2. The van der Waals surface area contributed by atoms with Crippen LogP contribution in [-0.2, 0) is 4.79 Å². The molecule has 6 atom stereocenters. The Morgan fingerprint density at radius 2 is 1.49 bits per heavy atom. The lowest BCUT2D eigenvalue weighted by atomic mass is 9.93. The molecule has 192 valence electrons. The maximum Gasteiger partial charge on any atom is 0.244 e. The van der Waals surface area contributed by atoms with Crippen LogP contribution in [0.1, 0.15) is 40.5 Å². The van der Waals surface area contributed by atoms with Crippen LogP contribution in [0.2, 0.25) is 0 Å². The predicted octanol–water partition coefficient (Wildman–Crippen LogP) is 3.59. The van der Waals surface area contributed by atoms with E-state index in [1.54, 1.807) is 49.5 Å². The lowest BCUT2D eigenvalue weighted by Gasteiger charge is -2.26. The van der Waals surface area contributed by atoms with Gasteiger partial charge in [0.05, 0.1) is 18.3 Å². The van der Waals surface area contributed by atoms with Crippen molar-refractivity contribution < 1.29 is 25.2 Å². The molecule has 0 saturated carbocycles. The molecule has 0 fully saturated rings. The first-order chi connectivity index (χ1) is 16.6. The number of carbonyl (C=O) groups excluding carboxylic acids is 1. The quantitative estimate of drug-likeness (QED) is 0.362. The molecule has 6 heteroatoms. The average molecular weight is 484 g/mol. The van der Waals surface area contributed by atoms with Gasteiger partial charge in [0.25, 0.3) is 0 Å². The summed E-state index contributed by atoms with van der Waals surface area (Å²) in [4.78, 5) is 12.0. The second kappa shape index (κ2) is 16.8. The van der Waals surface area contributed by atoms with Crippen molar-refractivity contribution in [3.63, 3.8) is 0 Å². The van der Waals surface area contributed by atoms with E-state index in [2.05, 4.69) is 5.32 Å². The molecular weight excluding hydrogens is 442 g/mol. The van der Waals surface area contributed by atoms with Crippen molar-refractivity contribution >= 4 is 5.91 Å². The normalized spacial score (nSPS) is 30.6. The lowest BCUT2D eigenvalue weighted by molar-refractivity contribution is -0.117. The first-order valence-electron chi connectivity index (χ1n) is 12.0. The molecule has 5 N–H and O–H groups in total. The number of aliphatic hydroxyl groups is 4. The van der Waals surface area contributed by atoms with E-state index in [1.807, 2.05) is 57.2 Å². The van der Waals surface area contributed by atoms with Gasteiger partial charge in [0, 0.05) is 24.5 Å². The maximum absolute atomic E-state index is 12.0. The standard InChI is InChI=1S/C29H41NO5/c1-21-13-8-7-10-16-24(4)30-27(33)18-11-6-5-9-15-23(3)28(34)29(35)26(32)20-25(31)17-12-14-22(2)19-21/h5-15,17-19,23-26,28-29,31-32,34-35H,16,20H2,1-4H3,(H,30,33). The predicted molar refractivity (Wildman–Crippen MR) is 142 cm³/mol. The van der Waals surface area contributed by atoms with Crippen LogP contribution in [0.15, 0.2) is 96.2 Å². The van der Waals surface area contributed by atoms with Gasteiger partial charge in [-0.2, -0.15) is 0 Å². The summed E-state index contributed by atoms with van der Waals surface area (Å²) in [5.74, 6) is -0.624. The minimum Gasteiger partial charge on any atom is -0.390 e. The van der Waals surface area contributed by atoms with E-state index < -0.39 is 30.3 Å². The molecule has 35 heavy (non-hydrogen) atoms. The molecule has 0 bridgehead atoms. The SMILES string of the molecule is CC1=CC=CC(O)CC(O)C(O)C(O)C(C)C=CC=CC=CC(=O)NC(C)CC=CC=CC(C)=C1. The van der Waals surface area contributed by atoms with E-state index in [0.29, 0.717) is 6.42 Å². The highest BCUT2D eigenvalue weighted by Gasteiger charge is 2.28. The summed E-state index contributed by atoms with van der Waals surface area (Å²) in [7, 11) is 0. The van der Waals surface area contributed by atoms with E-state index in [1.165, 1.54) is 6.08 Å². The molecular formula is C29H41NO5. The first-order valence-corrected chi connectivity index (χ1v) is 12.0. The molecule has 1 rings (SSSR count). The summed E-state index contributed by atoms with van der Waals surface area (Å²) in [6.07, 6.45) is 20.5. The Morgan fingerprint density at radius 1 is 0.800 bits per heavy atom. The van der Waals surface area contributed by atoms with Gasteiger partial charge < -0.3 is 25.7 Å². The van der Waals surface area contributed by atoms with Crippen LogP contribution >= 0.6 is 0 Å². The number of rotatable bonds is 0. The first kappa shape index (κ1) is 30.3. The van der Waals surface area contributed by atoms with Crippen LogP contribution in [0.4, 0.5) is 0 Å². The summed E-state index contributed by atoms with van der Waals surface area (Å²) in [6.45, 7) is 7.58. The highest BCUT2D eigenvalue weighted by molar-refractivity contribution is 5.87. The largest absolute Gasteiger partial charge is 0.390 e. The highest BCUT2D eigenvalue weighted by atomic mass is 16.4. The molecule has 0 spiro atoms. The molecule has 0 radical (unpaired) electrons. The van der Waals surface area contributed by atoms with Crippen LogP contribution in [0.3, 0.4) is 0 Å². The molecule has 1 amide bonds. The van der Waals surface area contributed by atoms with Crippen molar-refractivity contribution in [3.05, 3.63) is 96.2 Å². The van der Waals surface area contributed by atoms with E-state index in [-0.39, 0.29) is 18.4 Å². The Hall–Kier alpha value is -2.77. The minimum absolute atomic E-state index is 0.00712. The van der Waals surface area contributed by atoms with Gasteiger partial charge in [-0.1, -0.05) is 97.1 Å². The van der Waals surface area contributed by atoms with Gasteiger partial charge in [-0.3, -0.25) is 4.79 Å². The fourth-order valence-corrected chi connectivity index (χ4v) is 3.34. The third kappa shape index (κ3) is 13.6. The summed E-state index contributed by atoms with van der Waals surface area (Å²) in [6, 6.07) is -0.00712. The second-order valence-corrected chi connectivity index (χ2v) is 8.96. The Kier molecular flexibility index (Phi) is 14.5. The van der Waals surface area contributed by atoms with Crippen LogP contribution in [0.25, 0.3) is 0 Å². The number of aliphatic hydroxyl groups excluding tert-OH is 4. The van der Waals surface area contributed by atoms with E-state index >= 15 is 0 Å². The Balaban J connectivity index is 3.01. The monoisotopic (exact) mass is 483 g/mol. The van der Waals surface area contributed by atoms with E-state index in [9.17, 15) is 25.2 Å². The fourth-order valence-electron chi connectivity index (χ4n) is 3.34. The second-order valence-electron chi connectivity index (χ2n) is 8.96. The van der Waals surface area contributed by atoms with Gasteiger partial charge >= 0.3 is 0 Å². The molecule has 6 unspecified atom stereocenters. The molecule has 0 aromatic heterocycles. The van der Waals surface area contributed by atoms with Gasteiger partial charge in [-0.25, -0.2) is 0 Å². The van der Waals surface area contributed by atoms with Crippen molar-refractivity contribution in [1.29, 1.82) is 0 Å². The molecule has 1 aliphatic rings. The molecule has 0 aromatic carbocycles. The van der Waals surface area contributed by atoms with Crippen LogP contribution in [0, 0.1) is 5.92 Å². The molecule has 1 aliphatic heterocycles. The zero-order chi connectivity index (χ0) is 26.2. The average Bonchev–Trinajstić information content (AvgIpc) is 2.79. The van der Waals surface area contributed by atoms with Gasteiger partial charge in [0.15, 0.2) is 0 Å². The van der Waals surface area contributed by atoms with Gasteiger partial charge in [0.2, 0.25) is 5.91 Å². The minimum atomic E-state index is -1.41. The van der Waals surface area contributed by atoms with Gasteiger partial charge in [0.1, 0.15) is 6.10 Å². The number of nitrogens with one attached hydrogen (secondary N) is 1. The van der Waals surface area contributed by atoms with Crippen molar-refractivity contribution in [2.75, 3.05) is 0 Å². The summed E-state index contributed by atoms with van der Waals surface area (Å²) >= 11 is 0. The van der Waals surface area contributed by atoms with Crippen molar-refractivity contribution in [2.45, 2.75) is 71.0 Å². The summed E-state index contributed by atoms with van der Waals surface area (Å²) in [5, 5.41) is 44.0. The number of hydrogen-bond donors (Lipinski definition) is 5. The molecule has 0 aliphatic carbocycles. The van der Waals surface area contributed by atoms with Crippen molar-refractivity contribution in [2.24, 2.45) is 5.92 Å². The Bertz CT molecular complexity index is 891. The number of hydrogen-bond acceptors (Lipinski definition) is 5. The van der Waals surface area contributed by atoms with Crippen molar-refractivity contribution in [3.8, 4) is 0 Å². The molecule has 1 heterocycles. The summed E-state index contributed by atoms with van der Waals surface area (Å²) in [5.41, 5.74) is 2.03. The lowest BCUT2D eigenvalue weighted by Crippen LogP contribution is -2.41. The number of carbonyl (C=O) groups is 1. The van der Waals surface area contributed by atoms with Gasteiger partial charge in [-0.15, -0.1) is 0 Å². The topological polar surface area (TPSA) is 110 Å². The van der Waals surface area contributed by atoms with E-state index in [0.717, 1.165) is 11.1 Å². The Morgan fingerprint density at radius 3 is 2.23 bits per heavy atom. The zero-order valence-electron chi connectivity index (χ0n) is 21.2. The fraction of sp³-hybridized carbons (Fsp3) is 0.414. The Labute approximate surface area is 209 Å². The number of allylic oxidation sites excluding steroid dienone is 12. The van der Waals surface area contributed by atoms with Crippen LogP contribution in [0.5, 0.6) is 0 Å². The smallest absolute Gasteiger partial charge is 0.244 e. The summed E-state index contributed by atoms with van der Waals surface area (Å²) < 4.78 is 0. The van der Waals surface area contributed by atoms with Crippen LogP contribution in [-0.4, -0.2) is 56.8 Å².